The predicted octanol–water partition coefficient (Wildman–Crippen LogP) is 0.890. The van der Waals surface area contributed by atoms with Gasteiger partial charge in [-0.25, -0.2) is 0 Å². The third-order valence-electron chi connectivity index (χ3n) is 1.68. The fourth-order valence-electron chi connectivity index (χ4n) is 0.941. The Morgan fingerprint density at radius 3 is 2.33 bits per heavy atom. The Balaban J connectivity index is 3.25. The summed E-state index contributed by atoms with van der Waals surface area (Å²) in [5.41, 5.74) is 0. The third-order valence-corrected chi connectivity index (χ3v) is 2.83. The van der Waals surface area contributed by atoms with Crippen LogP contribution >= 0.6 is 0 Å². The summed E-state index contributed by atoms with van der Waals surface area (Å²) < 4.78 is 25.6. The maximum absolute atomic E-state index is 10.7. The van der Waals surface area contributed by atoms with E-state index in [0.29, 0.717) is 6.42 Å². The molecule has 5 heteroatoms. The minimum atomic E-state index is -3.32. The highest BCUT2D eigenvalue weighted by atomic mass is 32.3. The first-order chi connectivity index (χ1) is 5.62. The molecule has 0 spiro atoms. The lowest BCUT2D eigenvalue weighted by atomic mass is 10.2. The highest BCUT2D eigenvalue weighted by Gasteiger charge is 2.31. The molecule has 3 N–H and O–H groups in total. The molecule has 0 aliphatic carbocycles. The van der Waals surface area contributed by atoms with E-state index in [-0.39, 0.29) is 5.75 Å². The lowest BCUT2D eigenvalue weighted by Crippen LogP contribution is -2.53. The zero-order valence-corrected chi connectivity index (χ0v) is 8.40. The van der Waals surface area contributed by atoms with Crippen molar-refractivity contribution in [2.45, 2.75) is 39.0 Å². The fourth-order valence-corrected chi connectivity index (χ4v) is 1.62. The van der Waals surface area contributed by atoms with Crippen molar-refractivity contribution >= 4 is 10.5 Å². The maximum Gasteiger partial charge on any atom is 0.448 e. The van der Waals surface area contributed by atoms with E-state index in [9.17, 15) is 8.76 Å². The van der Waals surface area contributed by atoms with E-state index in [0.717, 1.165) is 12.8 Å². The van der Waals surface area contributed by atoms with Crippen LogP contribution in [-0.4, -0.2) is 5.75 Å². The lowest BCUT2D eigenvalue weighted by molar-refractivity contribution is -0.637. The molecule has 0 fully saturated rings. The summed E-state index contributed by atoms with van der Waals surface area (Å²) in [6.07, 6.45) is 5.07. The number of unbranched alkanes of at least 4 members (excludes halogenated alkanes) is 4. The fraction of sp³-hybridized carbons (Fsp3) is 1.00. The molecule has 0 rings (SSSR count). The molecule has 0 saturated carbocycles. The van der Waals surface area contributed by atoms with Crippen LogP contribution in [0.1, 0.15) is 39.0 Å². The molecule has 0 aromatic heterocycles. The monoisotopic (exact) mass is 196 g/mol. The van der Waals surface area contributed by atoms with Gasteiger partial charge in [-0.3, -0.25) is 0 Å². The van der Waals surface area contributed by atoms with Crippen molar-refractivity contribution < 1.29 is 18.9 Å². The highest BCUT2D eigenvalue weighted by molar-refractivity contribution is 7.92. The second kappa shape index (κ2) is 6.54. The summed E-state index contributed by atoms with van der Waals surface area (Å²) in [5.74, 6) is 2.98. The van der Waals surface area contributed by atoms with Crippen molar-refractivity contribution in [3.8, 4) is 0 Å². The minimum Gasteiger partial charge on any atom is -0.159 e. The molecule has 0 amide bonds. The molecule has 0 aliphatic heterocycles. The Kier molecular flexibility index (Phi) is 6.55. The van der Waals surface area contributed by atoms with Gasteiger partial charge in [0.15, 0.2) is 5.75 Å². The largest absolute Gasteiger partial charge is 0.448 e. The number of hydrogen-bond acceptors (Lipinski definition) is 2. The number of rotatable bonds is 7. The Morgan fingerprint density at radius 2 is 1.83 bits per heavy atom. The molecule has 1 radical (unpaired) electrons. The van der Waals surface area contributed by atoms with E-state index in [1.807, 2.05) is 0 Å². The molecule has 1 atom stereocenters. The van der Waals surface area contributed by atoms with Gasteiger partial charge in [-0.15, -0.1) is 0 Å². The van der Waals surface area contributed by atoms with Crippen LogP contribution in [0.5, 0.6) is 0 Å². The second-order valence-corrected chi connectivity index (χ2v) is 4.55. The molecule has 0 heterocycles. The van der Waals surface area contributed by atoms with E-state index < -0.39 is 10.5 Å². The summed E-state index contributed by atoms with van der Waals surface area (Å²) in [6.45, 7) is 2.12. The van der Waals surface area contributed by atoms with Crippen molar-refractivity contribution in [1.82, 2.24) is 0 Å². The molecule has 0 aromatic carbocycles. The Morgan fingerprint density at radius 1 is 1.25 bits per heavy atom. The van der Waals surface area contributed by atoms with Crippen LogP contribution in [0.15, 0.2) is 0 Å². The smallest absolute Gasteiger partial charge is 0.159 e. The summed E-state index contributed by atoms with van der Waals surface area (Å²) >= 11 is 0. The van der Waals surface area contributed by atoms with E-state index in [4.69, 9.17) is 0 Å². The lowest BCUT2D eigenvalue weighted by Gasteiger charge is -1.95. The Hall–Kier alpha value is 0.0300. The molecule has 0 saturated heterocycles. The van der Waals surface area contributed by atoms with Crippen LogP contribution in [0.25, 0.3) is 0 Å². The highest BCUT2D eigenvalue weighted by Crippen LogP contribution is 2.07. The number of quaternary nitrogens is 1. The topological polar surface area (TPSA) is 73.8 Å². The molecule has 0 aromatic rings. The second-order valence-electron chi connectivity index (χ2n) is 2.79. The van der Waals surface area contributed by atoms with Crippen LogP contribution in [-0.2, 0) is 23.5 Å². The minimum absolute atomic E-state index is 0.0974. The first-order valence-corrected chi connectivity index (χ1v) is 5.86. The SMILES string of the molecule is CCCCCCC[S+]([O])(=O)O[NH3+]. The Bertz CT molecular complexity index is 152. The maximum atomic E-state index is 10.7. The summed E-state index contributed by atoms with van der Waals surface area (Å²) in [4.78, 5) is 0. The van der Waals surface area contributed by atoms with Gasteiger partial charge in [-0.05, 0) is 17.1 Å². The van der Waals surface area contributed by atoms with Crippen LogP contribution in [0, 0.1) is 0 Å². The van der Waals surface area contributed by atoms with Gasteiger partial charge < -0.3 is 0 Å². The summed E-state index contributed by atoms with van der Waals surface area (Å²) in [6, 6.07) is 0. The van der Waals surface area contributed by atoms with Crippen molar-refractivity contribution in [3.05, 3.63) is 0 Å². The quantitative estimate of drug-likeness (QED) is 0.373. The molecule has 0 bridgehead atoms. The average molecular weight is 196 g/mol. The molecule has 0 aliphatic rings. The zero-order chi connectivity index (χ0) is 9.45. The van der Waals surface area contributed by atoms with Crippen molar-refractivity contribution in [3.63, 3.8) is 0 Å². The molecule has 73 valence electrons. The summed E-state index contributed by atoms with van der Waals surface area (Å²) in [7, 11) is -3.32. The third kappa shape index (κ3) is 6.72. The van der Waals surface area contributed by atoms with Crippen LogP contribution in [0.4, 0.5) is 0 Å². The van der Waals surface area contributed by atoms with Gasteiger partial charge in [0.05, 0.1) is 4.55 Å². The van der Waals surface area contributed by atoms with Gasteiger partial charge in [0.1, 0.15) is 0 Å². The summed E-state index contributed by atoms with van der Waals surface area (Å²) in [5, 5.41) is 0. The van der Waals surface area contributed by atoms with Crippen LogP contribution < -0.4 is 5.90 Å². The van der Waals surface area contributed by atoms with E-state index in [1.54, 1.807) is 0 Å². The first kappa shape index (κ1) is 12.0. The van der Waals surface area contributed by atoms with Crippen molar-refractivity contribution in [2.75, 3.05) is 5.75 Å². The average Bonchev–Trinajstić information content (AvgIpc) is 2.04. The van der Waals surface area contributed by atoms with Crippen molar-refractivity contribution in [1.29, 1.82) is 0 Å². The number of hydrogen-bond donors (Lipinski definition) is 1. The zero-order valence-electron chi connectivity index (χ0n) is 7.58. The van der Waals surface area contributed by atoms with E-state index in [2.05, 4.69) is 17.1 Å². The molecular weight excluding hydrogens is 178 g/mol. The first-order valence-electron chi connectivity index (χ1n) is 4.28. The van der Waals surface area contributed by atoms with Gasteiger partial charge in [0, 0.05) is 4.28 Å². The van der Waals surface area contributed by atoms with E-state index in [1.165, 1.54) is 12.8 Å². The van der Waals surface area contributed by atoms with Gasteiger partial charge in [-0.1, -0.05) is 26.2 Å². The standard InChI is InChI=1S/C7H18NO3S/c1-2-3-4-5-6-7-12(9,10)11-8/h2-7H2,1,8H3/q+2. The van der Waals surface area contributed by atoms with Gasteiger partial charge in [0.25, 0.3) is 0 Å². The van der Waals surface area contributed by atoms with Crippen LogP contribution in [0.2, 0.25) is 0 Å². The predicted molar refractivity (Wildman–Crippen MR) is 46.3 cm³/mol. The molecule has 1 unspecified atom stereocenters. The molecule has 4 nitrogen and oxygen atoms in total. The normalized spacial score (nSPS) is 15.9. The van der Waals surface area contributed by atoms with Gasteiger partial charge >= 0.3 is 10.5 Å². The van der Waals surface area contributed by atoms with Gasteiger partial charge in [-0.2, -0.15) is 5.90 Å². The van der Waals surface area contributed by atoms with Crippen LogP contribution in [0.3, 0.4) is 0 Å². The Labute approximate surface area is 74.9 Å². The van der Waals surface area contributed by atoms with E-state index >= 15 is 0 Å². The van der Waals surface area contributed by atoms with Crippen molar-refractivity contribution in [2.24, 2.45) is 0 Å². The van der Waals surface area contributed by atoms with Gasteiger partial charge in [0.2, 0.25) is 0 Å². The molecular formula is C7H18NO3S+2. The molecule has 12 heavy (non-hydrogen) atoms.